The van der Waals surface area contributed by atoms with Crippen LogP contribution < -0.4 is 9.80 Å². The fourth-order valence-electron chi connectivity index (χ4n) is 6.13. The molecular weight excluding hydrogens is 653 g/mol. The predicted molar refractivity (Wildman–Crippen MR) is 212 cm³/mol. The summed E-state index contributed by atoms with van der Waals surface area (Å²) in [6.07, 6.45) is 1.44. The van der Waals surface area contributed by atoms with E-state index in [2.05, 4.69) is 94.7 Å². The van der Waals surface area contributed by atoms with Crippen LogP contribution in [0.4, 0.5) is 34.1 Å². The third-order valence-electron chi connectivity index (χ3n) is 8.65. The Kier molecular flexibility index (Phi) is 9.92. The molecule has 7 rings (SSSR count). The largest absolute Gasteiger partial charge is 0.311 e. The fourth-order valence-corrected chi connectivity index (χ4v) is 9.36. The molecule has 50 heavy (non-hydrogen) atoms. The lowest BCUT2D eigenvalue weighted by atomic mass is 10.1. The number of unbranched alkanes of at least 4 members (excludes halogenated alkanes) is 1. The van der Waals surface area contributed by atoms with Crippen LogP contribution in [0.2, 0.25) is 0 Å². The molecule has 0 N–H and O–H groups in total. The maximum atomic E-state index is 13.8. The first kappa shape index (κ1) is 33.1. The van der Waals surface area contributed by atoms with Crippen molar-refractivity contribution in [3.63, 3.8) is 0 Å². The fraction of sp³-hybridized carbons (Fsp3) is 0.0909. The minimum atomic E-state index is -3.50. The summed E-state index contributed by atoms with van der Waals surface area (Å²) in [7, 11) is -3.50. The third-order valence-corrected chi connectivity index (χ3v) is 11.8. The Bertz CT molecular complexity index is 2160. The first-order valence-electron chi connectivity index (χ1n) is 16.9. The first-order chi connectivity index (χ1) is 24.5. The molecule has 0 saturated carbocycles. The lowest BCUT2D eigenvalue weighted by Gasteiger charge is -2.25. The van der Waals surface area contributed by atoms with E-state index >= 15 is 0 Å². The quantitative estimate of drug-likeness (QED) is 0.128. The van der Waals surface area contributed by atoms with Gasteiger partial charge in [0.1, 0.15) is 0 Å². The van der Waals surface area contributed by atoms with Crippen molar-refractivity contribution in [3.05, 3.63) is 176 Å². The normalized spacial score (nSPS) is 11.3. The van der Waals surface area contributed by atoms with Gasteiger partial charge in [0.25, 0.3) is 0 Å². The average Bonchev–Trinajstić information content (AvgIpc) is 3.64. The van der Waals surface area contributed by atoms with E-state index in [1.165, 1.54) is 11.3 Å². The number of thiophene rings is 1. The van der Waals surface area contributed by atoms with E-state index in [0.29, 0.717) is 11.3 Å². The van der Waals surface area contributed by atoms with Gasteiger partial charge in [-0.1, -0.05) is 110 Å². The summed E-state index contributed by atoms with van der Waals surface area (Å²) in [5.41, 5.74) is 8.12. The summed E-state index contributed by atoms with van der Waals surface area (Å²) < 4.78 is 27.6. The van der Waals surface area contributed by atoms with Crippen LogP contribution in [0.25, 0.3) is 20.9 Å². The lowest BCUT2D eigenvalue weighted by Crippen LogP contribution is -2.09. The first-order valence-corrected chi connectivity index (χ1v) is 19.4. The van der Waals surface area contributed by atoms with Crippen molar-refractivity contribution in [2.24, 2.45) is 0 Å². The molecule has 0 saturated heterocycles. The molecular formula is C44H38N2O2S2. The Hall–Kier alpha value is -5.43. The van der Waals surface area contributed by atoms with E-state index in [0.717, 1.165) is 61.4 Å². The number of sulfone groups is 1. The van der Waals surface area contributed by atoms with Gasteiger partial charge in [0, 0.05) is 39.0 Å². The summed E-state index contributed by atoms with van der Waals surface area (Å²) in [4.78, 5) is 6.53. The topological polar surface area (TPSA) is 40.6 Å². The van der Waals surface area contributed by atoms with Gasteiger partial charge in [-0.05, 0) is 96.4 Å². The van der Waals surface area contributed by atoms with Crippen molar-refractivity contribution in [1.29, 1.82) is 0 Å². The Morgan fingerprint density at radius 3 is 1.22 bits per heavy atom. The monoisotopic (exact) mass is 690 g/mol. The molecule has 6 heteroatoms. The molecule has 0 bridgehead atoms. The van der Waals surface area contributed by atoms with Crippen LogP contribution in [0.3, 0.4) is 0 Å². The van der Waals surface area contributed by atoms with Gasteiger partial charge in [-0.15, -0.1) is 11.3 Å². The van der Waals surface area contributed by atoms with Gasteiger partial charge in [0.2, 0.25) is 0 Å². The molecule has 4 nitrogen and oxygen atoms in total. The summed E-state index contributed by atoms with van der Waals surface area (Å²) in [6.45, 7) is 2.02. The average molecular weight is 691 g/mol. The number of para-hydroxylation sites is 4. The van der Waals surface area contributed by atoms with E-state index in [4.69, 9.17) is 0 Å². The summed E-state index contributed by atoms with van der Waals surface area (Å²) in [5.74, 6) is 0.128. The molecule has 0 spiro atoms. The molecule has 0 amide bonds. The van der Waals surface area contributed by atoms with Crippen LogP contribution in [-0.2, 0) is 9.84 Å². The molecule has 0 aliphatic heterocycles. The minimum absolute atomic E-state index is 0.128. The molecule has 0 atom stereocenters. The lowest BCUT2D eigenvalue weighted by molar-refractivity contribution is 0.593. The zero-order valence-corrected chi connectivity index (χ0v) is 29.5. The van der Waals surface area contributed by atoms with Crippen LogP contribution in [0.5, 0.6) is 0 Å². The van der Waals surface area contributed by atoms with Gasteiger partial charge in [-0.2, -0.15) is 0 Å². The van der Waals surface area contributed by atoms with Crippen molar-refractivity contribution >= 4 is 55.3 Å². The number of rotatable bonds is 12. The molecule has 0 unspecified atom stereocenters. The van der Waals surface area contributed by atoms with Crippen molar-refractivity contribution < 1.29 is 8.42 Å². The molecule has 1 heterocycles. The summed E-state index contributed by atoms with van der Waals surface area (Å²) in [6, 6.07) is 59.7. The molecule has 248 valence electrons. The second-order valence-electron chi connectivity index (χ2n) is 12.1. The van der Waals surface area contributed by atoms with E-state index in [9.17, 15) is 8.42 Å². The third kappa shape index (κ3) is 7.13. The van der Waals surface area contributed by atoms with E-state index in [-0.39, 0.29) is 5.75 Å². The van der Waals surface area contributed by atoms with Crippen LogP contribution in [-0.4, -0.2) is 14.2 Å². The standard InChI is InChI=1S/C44H38N2O2S2/c1-2-3-32-50(47,48)43-33-42(34-24-28-40(29-25-34)45(36-16-8-4-9-17-36)37-18-10-5-11-19-37)49-44(43)35-26-30-41(31-27-35)46(38-20-12-6-13-21-38)39-22-14-7-15-23-39/h4-31,33H,2-3,32H2,1H3. The van der Waals surface area contributed by atoms with Gasteiger partial charge < -0.3 is 9.80 Å². The van der Waals surface area contributed by atoms with Crippen molar-refractivity contribution in [2.45, 2.75) is 24.7 Å². The minimum Gasteiger partial charge on any atom is -0.311 e. The van der Waals surface area contributed by atoms with Gasteiger partial charge in [0.15, 0.2) is 9.84 Å². The number of hydrogen-bond donors (Lipinski definition) is 0. The Morgan fingerprint density at radius 1 is 0.480 bits per heavy atom. The maximum Gasteiger partial charge on any atom is 0.179 e. The second kappa shape index (κ2) is 15.0. The van der Waals surface area contributed by atoms with Crippen LogP contribution in [0, 0.1) is 0 Å². The molecule has 1 aromatic heterocycles. The van der Waals surface area contributed by atoms with Gasteiger partial charge in [-0.3, -0.25) is 0 Å². The highest BCUT2D eigenvalue weighted by Crippen LogP contribution is 2.44. The zero-order valence-electron chi connectivity index (χ0n) is 27.9. The molecule has 0 aliphatic carbocycles. The maximum absolute atomic E-state index is 13.8. The highest BCUT2D eigenvalue weighted by Gasteiger charge is 2.24. The summed E-state index contributed by atoms with van der Waals surface area (Å²) in [5, 5.41) is 0. The van der Waals surface area contributed by atoms with Gasteiger partial charge >= 0.3 is 0 Å². The van der Waals surface area contributed by atoms with Crippen LogP contribution >= 0.6 is 11.3 Å². The zero-order chi connectivity index (χ0) is 34.3. The second-order valence-corrected chi connectivity index (χ2v) is 15.2. The SMILES string of the molecule is CCCCS(=O)(=O)c1cc(-c2ccc(N(c3ccccc3)c3ccccc3)cc2)sc1-c1ccc(N(c2ccccc2)c2ccccc2)cc1. The Morgan fingerprint density at radius 2 is 0.840 bits per heavy atom. The van der Waals surface area contributed by atoms with Crippen molar-refractivity contribution in [2.75, 3.05) is 15.6 Å². The summed E-state index contributed by atoms with van der Waals surface area (Å²) >= 11 is 1.53. The van der Waals surface area contributed by atoms with Crippen LogP contribution in [0.1, 0.15) is 19.8 Å². The number of anilines is 6. The Labute approximate surface area is 299 Å². The van der Waals surface area contributed by atoms with E-state index in [1.807, 2.05) is 97.9 Å². The van der Waals surface area contributed by atoms with E-state index in [1.54, 1.807) is 0 Å². The predicted octanol–water partition coefficient (Wildman–Crippen LogP) is 12.6. The number of hydrogen-bond acceptors (Lipinski definition) is 5. The van der Waals surface area contributed by atoms with Crippen molar-refractivity contribution in [1.82, 2.24) is 0 Å². The molecule has 0 radical (unpaired) electrons. The van der Waals surface area contributed by atoms with Gasteiger partial charge in [0.05, 0.1) is 15.5 Å². The molecule has 0 fully saturated rings. The molecule has 7 aromatic rings. The Balaban J connectivity index is 1.26. The molecule has 0 aliphatic rings. The van der Waals surface area contributed by atoms with Crippen LogP contribution in [0.15, 0.2) is 181 Å². The van der Waals surface area contributed by atoms with Gasteiger partial charge in [-0.25, -0.2) is 8.42 Å². The highest BCUT2D eigenvalue weighted by molar-refractivity contribution is 7.91. The van der Waals surface area contributed by atoms with Crippen molar-refractivity contribution in [3.8, 4) is 20.9 Å². The highest BCUT2D eigenvalue weighted by atomic mass is 32.2. The smallest absolute Gasteiger partial charge is 0.179 e. The molecule has 6 aromatic carbocycles. The van der Waals surface area contributed by atoms with E-state index < -0.39 is 9.84 Å². The number of nitrogens with zero attached hydrogens (tertiary/aromatic N) is 2. The number of benzene rings is 6.